The van der Waals surface area contributed by atoms with Gasteiger partial charge < -0.3 is 18.9 Å². The molecule has 2 N–H and O–H groups in total. The minimum absolute atomic E-state index is 0.0527. The molecule has 1 heterocycles. The normalized spacial score (nSPS) is 20.5. The van der Waals surface area contributed by atoms with Gasteiger partial charge in [0.15, 0.2) is 11.5 Å². The SMILES string of the molecule is CCOC(=O)C1CC(c2cc(OC)c(OC)c(OC)c2)NN1. The first-order chi connectivity index (χ1) is 10.6. The highest BCUT2D eigenvalue weighted by Gasteiger charge is 2.32. The van der Waals surface area contributed by atoms with Crippen LogP contribution < -0.4 is 25.1 Å². The average Bonchev–Trinajstić information content (AvgIpc) is 3.03. The molecule has 0 aliphatic carbocycles. The van der Waals surface area contributed by atoms with Crippen molar-refractivity contribution < 1.29 is 23.7 Å². The molecule has 1 aromatic rings. The van der Waals surface area contributed by atoms with Gasteiger partial charge in [0.1, 0.15) is 6.04 Å². The third-order valence-corrected chi connectivity index (χ3v) is 3.56. The lowest BCUT2D eigenvalue weighted by molar-refractivity contribution is -0.145. The minimum Gasteiger partial charge on any atom is -0.493 e. The van der Waals surface area contributed by atoms with E-state index >= 15 is 0 Å². The summed E-state index contributed by atoms with van der Waals surface area (Å²) in [4.78, 5) is 11.8. The molecule has 0 aromatic heterocycles. The summed E-state index contributed by atoms with van der Waals surface area (Å²) in [5.41, 5.74) is 6.99. The van der Waals surface area contributed by atoms with E-state index in [1.54, 1.807) is 28.3 Å². The van der Waals surface area contributed by atoms with Gasteiger partial charge in [-0.15, -0.1) is 0 Å². The Bertz CT molecular complexity index is 510. The van der Waals surface area contributed by atoms with Crippen molar-refractivity contribution in [2.45, 2.75) is 25.4 Å². The number of carbonyl (C=O) groups is 1. The second-order valence-corrected chi connectivity index (χ2v) is 4.84. The van der Waals surface area contributed by atoms with Crippen LogP contribution in [0.4, 0.5) is 0 Å². The summed E-state index contributed by atoms with van der Waals surface area (Å²) in [5, 5.41) is 0. The Morgan fingerprint density at radius 2 is 1.77 bits per heavy atom. The monoisotopic (exact) mass is 310 g/mol. The number of esters is 1. The topological polar surface area (TPSA) is 78.1 Å². The first-order valence-electron chi connectivity index (χ1n) is 7.12. The molecule has 1 fully saturated rings. The number of rotatable bonds is 6. The Balaban J connectivity index is 2.21. The first-order valence-corrected chi connectivity index (χ1v) is 7.12. The Labute approximate surface area is 129 Å². The highest BCUT2D eigenvalue weighted by atomic mass is 16.5. The molecule has 0 bridgehead atoms. The number of methoxy groups -OCH3 is 3. The van der Waals surface area contributed by atoms with Gasteiger partial charge in [-0.1, -0.05) is 0 Å². The van der Waals surface area contributed by atoms with Gasteiger partial charge >= 0.3 is 5.97 Å². The molecule has 0 saturated carbocycles. The van der Waals surface area contributed by atoms with Crippen LogP contribution in [0.2, 0.25) is 0 Å². The maximum absolute atomic E-state index is 11.8. The van der Waals surface area contributed by atoms with E-state index in [1.807, 2.05) is 12.1 Å². The smallest absolute Gasteiger partial charge is 0.324 e. The lowest BCUT2D eigenvalue weighted by Crippen LogP contribution is -2.37. The predicted octanol–water partition coefficient (Wildman–Crippen LogP) is 1.18. The summed E-state index contributed by atoms with van der Waals surface area (Å²) in [6, 6.07) is 3.31. The Hall–Kier alpha value is -1.99. The van der Waals surface area contributed by atoms with Gasteiger partial charge in [0.05, 0.1) is 27.9 Å². The molecule has 122 valence electrons. The molecule has 0 spiro atoms. The number of carbonyl (C=O) groups excluding carboxylic acids is 1. The van der Waals surface area contributed by atoms with Crippen molar-refractivity contribution in [1.29, 1.82) is 0 Å². The van der Waals surface area contributed by atoms with Crippen LogP contribution >= 0.6 is 0 Å². The van der Waals surface area contributed by atoms with Crippen molar-refractivity contribution in [3.8, 4) is 17.2 Å². The Morgan fingerprint density at radius 1 is 1.14 bits per heavy atom. The van der Waals surface area contributed by atoms with Gasteiger partial charge in [-0.05, 0) is 31.0 Å². The van der Waals surface area contributed by atoms with Crippen molar-refractivity contribution in [2.24, 2.45) is 0 Å². The molecule has 2 unspecified atom stereocenters. The van der Waals surface area contributed by atoms with Gasteiger partial charge in [-0.25, -0.2) is 10.9 Å². The van der Waals surface area contributed by atoms with E-state index < -0.39 is 0 Å². The van der Waals surface area contributed by atoms with Crippen LogP contribution in [-0.4, -0.2) is 39.9 Å². The number of hydrogen-bond donors (Lipinski definition) is 2. The summed E-state index contributed by atoms with van der Waals surface area (Å²) in [7, 11) is 4.71. The second kappa shape index (κ2) is 7.33. The standard InChI is InChI=1S/C15H22N2O5/c1-5-22-15(18)11-8-10(16-17-11)9-6-12(19-2)14(21-4)13(7-9)20-3/h6-7,10-11,16-17H,5,8H2,1-4H3. The molecular weight excluding hydrogens is 288 g/mol. The maximum atomic E-state index is 11.8. The molecule has 2 atom stereocenters. The average molecular weight is 310 g/mol. The zero-order valence-electron chi connectivity index (χ0n) is 13.3. The molecule has 7 nitrogen and oxygen atoms in total. The van der Waals surface area contributed by atoms with E-state index in [1.165, 1.54) is 0 Å². The van der Waals surface area contributed by atoms with Crippen molar-refractivity contribution in [3.63, 3.8) is 0 Å². The van der Waals surface area contributed by atoms with Crippen LogP contribution in [0.5, 0.6) is 17.2 Å². The number of benzene rings is 1. The van der Waals surface area contributed by atoms with Crippen molar-refractivity contribution in [1.82, 2.24) is 10.9 Å². The molecule has 2 rings (SSSR count). The van der Waals surface area contributed by atoms with Gasteiger partial charge in [0.2, 0.25) is 5.75 Å². The van der Waals surface area contributed by atoms with E-state index in [9.17, 15) is 4.79 Å². The highest BCUT2D eigenvalue weighted by Crippen LogP contribution is 2.40. The van der Waals surface area contributed by atoms with Crippen molar-refractivity contribution >= 4 is 5.97 Å². The van der Waals surface area contributed by atoms with Gasteiger partial charge in [-0.2, -0.15) is 0 Å². The maximum Gasteiger partial charge on any atom is 0.324 e. The van der Waals surface area contributed by atoms with Crippen molar-refractivity contribution in [3.05, 3.63) is 17.7 Å². The van der Waals surface area contributed by atoms with Gasteiger partial charge in [-0.3, -0.25) is 4.79 Å². The zero-order chi connectivity index (χ0) is 16.1. The fraction of sp³-hybridized carbons (Fsp3) is 0.533. The number of nitrogens with one attached hydrogen (secondary N) is 2. The summed E-state index contributed by atoms with van der Waals surface area (Å²) in [6.45, 7) is 2.16. The molecule has 1 aromatic carbocycles. The van der Waals surface area contributed by atoms with Crippen LogP contribution in [0.1, 0.15) is 24.9 Å². The van der Waals surface area contributed by atoms with Gasteiger partial charge in [0.25, 0.3) is 0 Å². The highest BCUT2D eigenvalue weighted by molar-refractivity contribution is 5.76. The van der Waals surface area contributed by atoms with Crippen LogP contribution in [0.15, 0.2) is 12.1 Å². The fourth-order valence-corrected chi connectivity index (χ4v) is 2.47. The quantitative estimate of drug-likeness (QED) is 0.764. The largest absolute Gasteiger partial charge is 0.493 e. The van der Waals surface area contributed by atoms with E-state index in [4.69, 9.17) is 18.9 Å². The summed E-state index contributed by atoms with van der Waals surface area (Å²) < 4.78 is 21.0. The number of ether oxygens (including phenoxy) is 4. The second-order valence-electron chi connectivity index (χ2n) is 4.84. The third kappa shape index (κ3) is 3.26. The third-order valence-electron chi connectivity index (χ3n) is 3.56. The van der Waals surface area contributed by atoms with Crippen molar-refractivity contribution in [2.75, 3.05) is 27.9 Å². The molecule has 1 aliphatic rings. The lowest BCUT2D eigenvalue weighted by atomic mass is 10.0. The van der Waals surface area contributed by atoms with Crippen LogP contribution in [0.3, 0.4) is 0 Å². The molecule has 7 heteroatoms. The Morgan fingerprint density at radius 3 is 2.27 bits per heavy atom. The molecule has 1 saturated heterocycles. The Kier molecular flexibility index (Phi) is 5.46. The van der Waals surface area contributed by atoms with Crippen LogP contribution in [0.25, 0.3) is 0 Å². The molecule has 22 heavy (non-hydrogen) atoms. The van der Waals surface area contributed by atoms with E-state index in [0.717, 1.165) is 5.56 Å². The van der Waals surface area contributed by atoms with E-state index in [2.05, 4.69) is 10.9 Å². The van der Waals surface area contributed by atoms with E-state index in [0.29, 0.717) is 30.3 Å². The van der Waals surface area contributed by atoms with E-state index in [-0.39, 0.29) is 18.1 Å². The van der Waals surface area contributed by atoms with Crippen LogP contribution in [0, 0.1) is 0 Å². The summed E-state index contributed by atoms with van der Waals surface area (Å²) in [5.74, 6) is 1.45. The number of hydrogen-bond acceptors (Lipinski definition) is 7. The first kappa shape index (κ1) is 16.4. The molecule has 0 amide bonds. The molecule has 1 aliphatic heterocycles. The zero-order valence-corrected chi connectivity index (χ0v) is 13.3. The summed E-state index contributed by atoms with van der Waals surface area (Å²) >= 11 is 0. The van der Waals surface area contributed by atoms with Crippen LogP contribution in [-0.2, 0) is 9.53 Å². The molecule has 0 radical (unpaired) electrons. The number of hydrazine groups is 1. The fourth-order valence-electron chi connectivity index (χ4n) is 2.47. The molecular formula is C15H22N2O5. The summed E-state index contributed by atoms with van der Waals surface area (Å²) in [6.07, 6.45) is 0.581. The predicted molar refractivity (Wildman–Crippen MR) is 80.1 cm³/mol. The lowest BCUT2D eigenvalue weighted by Gasteiger charge is -2.17. The minimum atomic E-state index is -0.371. The van der Waals surface area contributed by atoms with Gasteiger partial charge in [0, 0.05) is 6.04 Å².